The van der Waals surface area contributed by atoms with Crippen molar-refractivity contribution in [1.29, 1.82) is 0 Å². The molecule has 0 aliphatic rings. The van der Waals surface area contributed by atoms with Crippen LogP contribution in [-0.2, 0) is 0 Å². The van der Waals surface area contributed by atoms with E-state index in [9.17, 15) is 0 Å². The number of para-hydroxylation sites is 2. The lowest BCUT2D eigenvalue weighted by Crippen LogP contribution is -2.11. The fourth-order valence-corrected chi connectivity index (χ4v) is 10.7. The van der Waals surface area contributed by atoms with E-state index < -0.39 is 0 Å². The van der Waals surface area contributed by atoms with Gasteiger partial charge in [0.15, 0.2) is 0 Å². The third kappa shape index (κ3) is 6.57. The van der Waals surface area contributed by atoms with Crippen LogP contribution in [-0.4, -0.2) is 4.57 Å². The van der Waals surface area contributed by atoms with Gasteiger partial charge in [-0.2, -0.15) is 0 Å². The average molecular weight is 865 g/mol. The first kappa shape index (κ1) is 39.4. The highest BCUT2D eigenvalue weighted by molar-refractivity contribution is 6.22. The molecule has 318 valence electrons. The molecule has 13 rings (SSSR count). The molecule has 0 unspecified atom stereocenters. The van der Waals surface area contributed by atoms with Crippen LogP contribution in [0.2, 0.25) is 0 Å². The zero-order valence-electron chi connectivity index (χ0n) is 37.3. The summed E-state index contributed by atoms with van der Waals surface area (Å²) in [7, 11) is 0. The SMILES string of the molecule is c1ccc(-c2ccccc2N(c2cccc(-c3ccc4c(c3)c(-c3ccccc3)c(-c3ccccc3)c3ccccc34)c2)c2ccc3c(c2)c2ccccc2n3-c2cccc3ccccc23)cc1. The molecule has 0 saturated carbocycles. The summed E-state index contributed by atoms with van der Waals surface area (Å²) in [4.78, 5) is 2.45. The van der Waals surface area contributed by atoms with Crippen LogP contribution in [0.15, 0.2) is 267 Å². The number of aromatic nitrogens is 1. The second-order valence-corrected chi connectivity index (χ2v) is 17.6. The number of fused-ring (bicyclic) bond motifs is 7. The van der Waals surface area contributed by atoms with Crippen molar-refractivity contribution >= 4 is 71.2 Å². The minimum absolute atomic E-state index is 1.08. The molecular weight excluding hydrogens is 821 g/mol. The first-order valence-electron chi connectivity index (χ1n) is 23.4. The molecule has 68 heavy (non-hydrogen) atoms. The maximum absolute atomic E-state index is 2.45. The van der Waals surface area contributed by atoms with Crippen LogP contribution in [0.4, 0.5) is 17.1 Å². The van der Waals surface area contributed by atoms with Gasteiger partial charge in [0.1, 0.15) is 0 Å². The maximum atomic E-state index is 2.45. The Bertz CT molecular complexity index is 4010. The largest absolute Gasteiger partial charge is 0.310 e. The Kier molecular flexibility index (Phi) is 9.54. The van der Waals surface area contributed by atoms with E-state index in [0.29, 0.717) is 0 Å². The van der Waals surface area contributed by atoms with Crippen molar-refractivity contribution < 1.29 is 0 Å². The maximum Gasteiger partial charge on any atom is 0.0542 e. The van der Waals surface area contributed by atoms with E-state index in [1.165, 1.54) is 87.6 Å². The first-order valence-corrected chi connectivity index (χ1v) is 23.4. The predicted octanol–water partition coefficient (Wildman–Crippen LogP) is 18.4. The second-order valence-electron chi connectivity index (χ2n) is 17.6. The van der Waals surface area contributed by atoms with Crippen molar-refractivity contribution in [1.82, 2.24) is 4.57 Å². The second kappa shape index (κ2) is 16.5. The van der Waals surface area contributed by atoms with Crippen LogP contribution in [0.3, 0.4) is 0 Å². The van der Waals surface area contributed by atoms with Crippen LogP contribution in [0.1, 0.15) is 0 Å². The van der Waals surface area contributed by atoms with Crippen molar-refractivity contribution in [2.45, 2.75) is 0 Å². The zero-order valence-corrected chi connectivity index (χ0v) is 37.3. The topological polar surface area (TPSA) is 8.17 Å². The molecule has 0 spiro atoms. The molecule has 0 N–H and O–H groups in total. The summed E-state index contributed by atoms with van der Waals surface area (Å²) in [5, 5.41) is 9.86. The van der Waals surface area contributed by atoms with E-state index in [0.717, 1.165) is 33.8 Å². The van der Waals surface area contributed by atoms with Crippen molar-refractivity contribution in [3.63, 3.8) is 0 Å². The number of benzene rings is 12. The van der Waals surface area contributed by atoms with Crippen LogP contribution in [0.5, 0.6) is 0 Å². The van der Waals surface area contributed by atoms with Crippen molar-refractivity contribution in [2.75, 3.05) is 4.90 Å². The van der Waals surface area contributed by atoms with Gasteiger partial charge >= 0.3 is 0 Å². The zero-order chi connectivity index (χ0) is 45.0. The van der Waals surface area contributed by atoms with Crippen LogP contribution in [0.25, 0.3) is 104 Å². The summed E-state index contributed by atoms with van der Waals surface area (Å²) in [6.45, 7) is 0. The molecule has 2 nitrogen and oxygen atoms in total. The monoisotopic (exact) mass is 864 g/mol. The Morgan fingerprint density at radius 2 is 0.794 bits per heavy atom. The van der Waals surface area contributed by atoms with Crippen LogP contribution < -0.4 is 4.90 Å². The lowest BCUT2D eigenvalue weighted by Gasteiger charge is -2.28. The van der Waals surface area contributed by atoms with Gasteiger partial charge < -0.3 is 9.47 Å². The Labute approximate surface area is 395 Å². The number of rotatable bonds is 8. The molecule has 0 bridgehead atoms. The fraction of sp³-hybridized carbons (Fsp3) is 0. The molecule has 1 aromatic heterocycles. The van der Waals surface area contributed by atoms with Gasteiger partial charge in [-0.25, -0.2) is 0 Å². The molecule has 2 heteroatoms. The Balaban J connectivity index is 1.04. The Hall–Kier alpha value is -8.98. The van der Waals surface area contributed by atoms with E-state index in [4.69, 9.17) is 0 Å². The standard InChI is InChI=1S/C66H44N2/c1-4-20-45(21-5-1)53-31-14-16-35-61(53)67(52-39-41-64-59(44-52)57-33-15-17-36-63(57)68(64)62-37-19-27-46-22-10-11-30-54(46)62)51-29-18-28-49(42-51)50-38-40-56-55-32-12-13-34-58(55)65(47-23-6-2-7-24-47)66(60(56)43-50)48-25-8-3-9-26-48/h1-44H. The van der Waals surface area contributed by atoms with Gasteiger partial charge in [0.25, 0.3) is 0 Å². The highest BCUT2D eigenvalue weighted by Gasteiger charge is 2.22. The van der Waals surface area contributed by atoms with Crippen LogP contribution in [0, 0.1) is 0 Å². The quantitative estimate of drug-likeness (QED) is 0.138. The molecule has 0 saturated heterocycles. The molecule has 13 aromatic rings. The average Bonchev–Trinajstić information content (AvgIpc) is 3.74. The van der Waals surface area contributed by atoms with Crippen molar-refractivity contribution in [2.24, 2.45) is 0 Å². The highest BCUT2D eigenvalue weighted by atomic mass is 15.1. The van der Waals surface area contributed by atoms with Gasteiger partial charge in [-0.05, 0) is 120 Å². The summed E-state index contributed by atoms with van der Waals surface area (Å²) in [6.07, 6.45) is 0. The van der Waals surface area contributed by atoms with Crippen LogP contribution >= 0.6 is 0 Å². The van der Waals surface area contributed by atoms with E-state index >= 15 is 0 Å². The smallest absolute Gasteiger partial charge is 0.0542 e. The van der Waals surface area contributed by atoms with Gasteiger partial charge in [0, 0.05) is 33.1 Å². The Morgan fingerprint density at radius 3 is 1.57 bits per heavy atom. The molecule has 12 aromatic carbocycles. The molecule has 1 heterocycles. The molecular formula is C66H44N2. The van der Waals surface area contributed by atoms with Gasteiger partial charge in [-0.15, -0.1) is 0 Å². The van der Waals surface area contributed by atoms with Gasteiger partial charge in [-0.1, -0.05) is 212 Å². The molecule has 0 radical (unpaired) electrons. The normalized spacial score (nSPS) is 11.5. The van der Waals surface area contributed by atoms with E-state index in [1.807, 2.05) is 0 Å². The van der Waals surface area contributed by atoms with Crippen molar-refractivity contribution in [3.8, 4) is 50.2 Å². The fourth-order valence-electron chi connectivity index (χ4n) is 10.7. The summed E-state index contributed by atoms with van der Waals surface area (Å²) in [5.74, 6) is 0. The first-order chi connectivity index (χ1) is 33.8. The molecule has 0 aliphatic heterocycles. The van der Waals surface area contributed by atoms with E-state index in [1.54, 1.807) is 0 Å². The molecule has 0 fully saturated rings. The third-order valence-electron chi connectivity index (χ3n) is 13.7. The lowest BCUT2D eigenvalue weighted by atomic mass is 9.84. The molecule has 0 atom stereocenters. The minimum Gasteiger partial charge on any atom is -0.310 e. The predicted molar refractivity (Wildman–Crippen MR) is 290 cm³/mol. The highest BCUT2D eigenvalue weighted by Crippen LogP contribution is 2.47. The molecule has 0 amide bonds. The van der Waals surface area contributed by atoms with Gasteiger partial charge in [0.05, 0.1) is 22.4 Å². The number of nitrogens with zero attached hydrogens (tertiary/aromatic N) is 2. The minimum atomic E-state index is 1.08. The summed E-state index contributed by atoms with van der Waals surface area (Å²) in [6, 6.07) is 97.6. The summed E-state index contributed by atoms with van der Waals surface area (Å²) < 4.78 is 2.44. The molecule has 0 aliphatic carbocycles. The number of hydrogen-bond donors (Lipinski definition) is 0. The van der Waals surface area contributed by atoms with Gasteiger partial charge in [-0.3, -0.25) is 0 Å². The van der Waals surface area contributed by atoms with Gasteiger partial charge in [0.2, 0.25) is 0 Å². The van der Waals surface area contributed by atoms with Crippen molar-refractivity contribution in [3.05, 3.63) is 267 Å². The number of hydrogen-bond acceptors (Lipinski definition) is 1. The third-order valence-corrected chi connectivity index (χ3v) is 13.7. The lowest BCUT2D eigenvalue weighted by molar-refractivity contribution is 1.20. The van der Waals surface area contributed by atoms with E-state index in [2.05, 4.69) is 276 Å². The Morgan fingerprint density at radius 1 is 0.265 bits per heavy atom. The summed E-state index contributed by atoms with van der Waals surface area (Å²) >= 11 is 0. The summed E-state index contributed by atoms with van der Waals surface area (Å²) in [5.41, 5.74) is 16.4. The van der Waals surface area contributed by atoms with E-state index in [-0.39, 0.29) is 0 Å². The number of anilines is 3.